The smallest absolute Gasteiger partial charge is 0.322 e. The van der Waals surface area contributed by atoms with Crippen molar-refractivity contribution in [2.45, 2.75) is 25.9 Å². The average molecular weight is 229 g/mol. The van der Waals surface area contributed by atoms with Crippen molar-refractivity contribution in [1.29, 1.82) is 0 Å². The predicted molar refractivity (Wildman–Crippen MR) is 63.6 cm³/mol. The van der Waals surface area contributed by atoms with Crippen molar-refractivity contribution >= 4 is 5.97 Å². The van der Waals surface area contributed by atoms with E-state index in [-0.39, 0.29) is 0 Å². The highest BCUT2D eigenvalue weighted by Gasteiger charge is 2.26. The van der Waals surface area contributed by atoms with Crippen molar-refractivity contribution in [3.05, 3.63) is 0 Å². The Bertz CT molecular complexity index is 235. The number of hydrogen-bond acceptors (Lipinski definition) is 4. The molecule has 2 N–H and O–H groups in total. The lowest BCUT2D eigenvalue weighted by Crippen LogP contribution is -2.55. The van der Waals surface area contributed by atoms with Crippen molar-refractivity contribution in [1.82, 2.24) is 15.1 Å². The van der Waals surface area contributed by atoms with Gasteiger partial charge in [-0.15, -0.1) is 0 Å². The molecule has 1 saturated heterocycles. The first-order valence-corrected chi connectivity index (χ1v) is 5.93. The van der Waals surface area contributed by atoms with E-state index in [1.807, 2.05) is 6.92 Å². The summed E-state index contributed by atoms with van der Waals surface area (Å²) >= 11 is 0. The van der Waals surface area contributed by atoms with Gasteiger partial charge in [-0.05, 0) is 20.5 Å². The molecule has 0 saturated carbocycles. The minimum atomic E-state index is -0.757. The normalized spacial score (nSPS) is 25.6. The molecule has 0 bridgehead atoms. The van der Waals surface area contributed by atoms with Crippen LogP contribution in [0.4, 0.5) is 0 Å². The number of carbonyl (C=O) groups is 1. The number of rotatable bonds is 5. The fraction of sp³-hybridized carbons (Fsp3) is 0.909. The Morgan fingerprint density at radius 1 is 1.56 bits per heavy atom. The summed E-state index contributed by atoms with van der Waals surface area (Å²) in [4.78, 5) is 15.6. The lowest BCUT2D eigenvalue weighted by molar-refractivity contribution is -0.140. The van der Waals surface area contributed by atoms with Crippen LogP contribution in [0, 0.1) is 0 Å². The summed E-state index contributed by atoms with van der Waals surface area (Å²) in [6.07, 6.45) is 0. The zero-order valence-electron chi connectivity index (χ0n) is 10.4. The van der Waals surface area contributed by atoms with Gasteiger partial charge < -0.3 is 15.3 Å². The molecular formula is C11H23N3O2. The van der Waals surface area contributed by atoms with Gasteiger partial charge in [0.2, 0.25) is 0 Å². The third kappa shape index (κ3) is 3.73. The molecule has 2 atom stereocenters. The summed E-state index contributed by atoms with van der Waals surface area (Å²) in [5, 5.41) is 12.1. The molecule has 94 valence electrons. The Balaban J connectivity index is 2.47. The Morgan fingerprint density at radius 2 is 2.25 bits per heavy atom. The summed E-state index contributed by atoms with van der Waals surface area (Å²) in [7, 11) is 2.10. The van der Waals surface area contributed by atoms with Crippen LogP contribution < -0.4 is 5.32 Å². The zero-order valence-corrected chi connectivity index (χ0v) is 10.4. The summed E-state index contributed by atoms with van der Waals surface area (Å²) in [5.41, 5.74) is 0. The highest BCUT2D eigenvalue weighted by molar-refractivity contribution is 5.73. The number of piperazine rings is 1. The third-order valence-electron chi connectivity index (χ3n) is 3.13. The van der Waals surface area contributed by atoms with E-state index in [4.69, 9.17) is 5.11 Å². The molecule has 1 aliphatic heterocycles. The van der Waals surface area contributed by atoms with Gasteiger partial charge >= 0.3 is 5.97 Å². The second-order valence-electron chi connectivity index (χ2n) is 4.55. The van der Waals surface area contributed by atoms with Gasteiger partial charge in [0.15, 0.2) is 0 Å². The lowest BCUT2D eigenvalue weighted by atomic mass is 10.1. The summed E-state index contributed by atoms with van der Waals surface area (Å²) < 4.78 is 0. The lowest BCUT2D eigenvalue weighted by Gasteiger charge is -2.39. The number of carboxylic acids is 1. The first-order valence-electron chi connectivity index (χ1n) is 5.93. The van der Waals surface area contributed by atoms with E-state index >= 15 is 0 Å². The zero-order chi connectivity index (χ0) is 12.1. The Hall–Kier alpha value is -0.650. The minimum Gasteiger partial charge on any atom is -0.480 e. The molecule has 1 aliphatic rings. The number of nitrogens with one attached hydrogen (secondary N) is 1. The van der Waals surface area contributed by atoms with Crippen LogP contribution in [0.1, 0.15) is 13.8 Å². The van der Waals surface area contributed by atoms with Crippen LogP contribution in [0.3, 0.4) is 0 Å². The van der Waals surface area contributed by atoms with Gasteiger partial charge in [0.05, 0.1) is 0 Å². The monoisotopic (exact) mass is 229 g/mol. The Kier molecular flexibility index (Phi) is 5.18. The number of aliphatic carboxylic acids is 1. The molecule has 0 aromatic heterocycles. The molecule has 0 amide bonds. The molecule has 0 radical (unpaired) electrons. The van der Waals surface area contributed by atoms with Crippen molar-refractivity contribution in [2.24, 2.45) is 0 Å². The molecule has 1 fully saturated rings. The standard InChI is InChI=1S/C11H23N3O2/c1-4-12-10(11(15)16)8-14-6-5-13(3)7-9(14)2/h9-10,12H,4-8H2,1-3H3,(H,15,16). The highest BCUT2D eigenvalue weighted by Crippen LogP contribution is 2.08. The van der Waals surface area contributed by atoms with Crippen LogP contribution in [0.15, 0.2) is 0 Å². The molecule has 16 heavy (non-hydrogen) atoms. The van der Waals surface area contributed by atoms with Crippen LogP contribution in [-0.4, -0.2) is 72.7 Å². The van der Waals surface area contributed by atoms with Crippen molar-refractivity contribution in [3.63, 3.8) is 0 Å². The molecule has 0 spiro atoms. The molecule has 1 heterocycles. The second kappa shape index (κ2) is 6.18. The topological polar surface area (TPSA) is 55.8 Å². The molecule has 2 unspecified atom stereocenters. The fourth-order valence-corrected chi connectivity index (χ4v) is 2.16. The molecule has 5 nitrogen and oxygen atoms in total. The van der Waals surface area contributed by atoms with Crippen LogP contribution in [0.25, 0.3) is 0 Å². The fourth-order valence-electron chi connectivity index (χ4n) is 2.16. The second-order valence-corrected chi connectivity index (χ2v) is 4.55. The van der Waals surface area contributed by atoms with Crippen LogP contribution in [-0.2, 0) is 4.79 Å². The first kappa shape index (κ1) is 13.4. The first-order chi connectivity index (χ1) is 7.54. The average Bonchev–Trinajstić information content (AvgIpc) is 2.20. The molecule has 0 aromatic rings. The molecule has 0 aromatic carbocycles. The maximum absolute atomic E-state index is 11.0. The van der Waals surface area contributed by atoms with E-state index in [0.29, 0.717) is 19.1 Å². The van der Waals surface area contributed by atoms with Crippen LogP contribution >= 0.6 is 0 Å². The van der Waals surface area contributed by atoms with Gasteiger partial charge in [-0.1, -0.05) is 6.92 Å². The van der Waals surface area contributed by atoms with Crippen LogP contribution in [0.5, 0.6) is 0 Å². The number of hydrogen-bond donors (Lipinski definition) is 2. The van der Waals surface area contributed by atoms with Gasteiger partial charge in [0.1, 0.15) is 6.04 Å². The van der Waals surface area contributed by atoms with E-state index < -0.39 is 12.0 Å². The number of likely N-dealkylation sites (N-methyl/N-ethyl adjacent to an activating group) is 2. The van der Waals surface area contributed by atoms with Gasteiger partial charge in [-0.3, -0.25) is 9.69 Å². The quantitative estimate of drug-likeness (QED) is 0.677. The van der Waals surface area contributed by atoms with Gasteiger partial charge in [0, 0.05) is 32.2 Å². The molecule has 0 aliphatic carbocycles. The molecule has 5 heteroatoms. The highest BCUT2D eigenvalue weighted by atomic mass is 16.4. The van der Waals surface area contributed by atoms with E-state index in [2.05, 4.69) is 29.1 Å². The van der Waals surface area contributed by atoms with Gasteiger partial charge in [0.25, 0.3) is 0 Å². The predicted octanol–water partition coefficient (Wildman–Crippen LogP) is -0.315. The summed E-state index contributed by atoms with van der Waals surface area (Å²) in [5.74, 6) is -0.757. The van der Waals surface area contributed by atoms with Crippen molar-refractivity contribution in [3.8, 4) is 0 Å². The summed E-state index contributed by atoms with van der Waals surface area (Å²) in [6, 6.07) is -0.0184. The van der Waals surface area contributed by atoms with Crippen molar-refractivity contribution < 1.29 is 9.90 Å². The van der Waals surface area contributed by atoms with E-state index in [9.17, 15) is 4.79 Å². The SMILES string of the molecule is CCNC(CN1CCN(C)CC1C)C(=O)O. The van der Waals surface area contributed by atoms with Gasteiger partial charge in [-0.25, -0.2) is 0 Å². The Morgan fingerprint density at radius 3 is 2.75 bits per heavy atom. The van der Waals surface area contributed by atoms with Gasteiger partial charge in [-0.2, -0.15) is 0 Å². The van der Waals surface area contributed by atoms with Crippen molar-refractivity contribution in [2.75, 3.05) is 39.8 Å². The third-order valence-corrected chi connectivity index (χ3v) is 3.13. The largest absolute Gasteiger partial charge is 0.480 e. The van der Waals surface area contributed by atoms with E-state index in [1.54, 1.807) is 0 Å². The Labute approximate surface area is 97.4 Å². The van der Waals surface area contributed by atoms with Crippen LogP contribution in [0.2, 0.25) is 0 Å². The maximum Gasteiger partial charge on any atom is 0.322 e. The summed E-state index contributed by atoms with van der Waals surface area (Å²) in [6.45, 7) is 8.36. The minimum absolute atomic E-state index is 0.430. The molecule has 1 rings (SSSR count). The number of carboxylic acid groups (broad SMARTS) is 1. The molecular weight excluding hydrogens is 206 g/mol. The van der Waals surface area contributed by atoms with E-state index in [1.165, 1.54) is 0 Å². The maximum atomic E-state index is 11.0. The number of nitrogens with zero attached hydrogens (tertiary/aromatic N) is 2. The van der Waals surface area contributed by atoms with E-state index in [0.717, 1.165) is 19.6 Å².